The molecule has 0 heterocycles. The highest BCUT2D eigenvalue weighted by atomic mass is 35.5. The van der Waals surface area contributed by atoms with Crippen molar-refractivity contribution in [2.24, 2.45) is 5.92 Å². The number of alkyl halides is 1. The number of benzene rings is 1. The summed E-state index contributed by atoms with van der Waals surface area (Å²) >= 11 is 5.58. The Labute approximate surface area is 115 Å². The third kappa shape index (κ3) is 4.34. The van der Waals surface area contributed by atoms with E-state index >= 15 is 0 Å². The van der Waals surface area contributed by atoms with Gasteiger partial charge in [-0.25, -0.2) is 0 Å². The largest absolute Gasteiger partial charge is 0.349 e. The minimum Gasteiger partial charge on any atom is -0.349 e. The molecule has 1 N–H and O–H groups in total. The third-order valence-electron chi connectivity index (χ3n) is 3.05. The molecule has 0 aliphatic carbocycles. The fourth-order valence-electron chi connectivity index (χ4n) is 1.93. The molecule has 0 saturated carbocycles. The van der Waals surface area contributed by atoms with Crippen LogP contribution in [0.1, 0.15) is 44.4 Å². The highest BCUT2D eigenvalue weighted by Gasteiger charge is 2.17. The second-order valence-corrected chi connectivity index (χ2v) is 5.20. The molecule has 0 saturated heterocycles. The molecule has 1 amide bonds. The molecule has 1 unspecified atom stereocenters. The number of hydrogen-bond acceptors (Lipinski definition) is 1. The quantitative estimate of drug-likeness (QED) is 0.783. The van der Waals surface area contributed by atoms with Gasteiger partial charge in [0.05, 0.1) is 6.04 Å². The molecule has 0 fully saturated rings. The van der Waals surface area contributed by atoms with Gasteiger partial charge in [-0.1, -0.05) is 45.0 Å². The average molecular weight is 268 g/mol. The molecular formula is C15H22ClNO. The molecule has 0 aliphatic rings. The van der Waals surface area contributed by atoms with Gasteiger partial charge in [0.15, 0.2) is 0 Å². The Morgan fingerprint density at radius 3 is 2.33 bits per heavy atom. The summed E-state index contributed by atoms with van der Waals surface area (Å²) in [5.41, 5.74) is 2.47. The van der Waals surface area contributed by atoms with Gasteiger partial charge in [0.2, 0.25) is 5.91 Å². The van der Waals surface area contributed by atoms with Gasteiger partial charge in [0, 0.05) is 12.3 Å². The van der Waals surface area contributed by atoms with E-state index < -0.39 is 0 Å². The van der Waals surface area contributed by atoms with Crippen LogP contribution in [-0.4, -0.2) is 11.8 Å². The molecule has 0 spiro atoms. The van der Waals surface area contributed by atoms with Crippen molar-refractivity contribution in [3.63, 3.8) is 0 Å². The first-order chi connectivity index (χ1) is 8.58. The summed E-state index contributed by atoms with van der Waals surface area (Å²) < 4.78 is 0. The smallest absolute Gasteiger partial charge is 0.221 e. The molecule has 0 bridgehead atoms. The lowest BCUT2D eigenvalue weighted by Gasteiger charge is -2.23. The summed E-state index contributed by atoms with van der Waals surface area (Å²) in [6.45, 7) is 6.36. The lowest BCUT2D eigenvalue weighted by Crippen LogP contribution is -2.31. The van der Waals surface area contributed by atoms with Crippen LogP contribution in [0, 0.1) is 5.92 Å². The maximum absolute atomic E-state index is 11.7. The molecule has 1 atom stereocenters. The minimum atomic E-state index is 0.0169. The van der Waals surface area contributed by atoms with Crippen LogP contribution in [0.5, 0.6) is 0 Å². The molecular weight excluding hydrogens is 246 g/mol. The minimum absolute atomic E-state index is 0.0169. The Bertz CT molecular complexity index is 373. The molecule has 2 nitrogen and oxygen atoms in total. The van der Waals surface area contributed by atoms with Crippen molar-refractivity contribution in [3.8, 4) is 0 Å². The number of hydrogen-bond donors (Lipinski definition) is 1. The van der Waals surface area contributed by atoms with Crippen LogP contribution in [0.15, 0.2) is 24.3 Å². The molecule has 1 aromatic carbocycles. The van der Waals surface area contributed by atoms with Crippen molar-refractivity contribution < 1.29 is 4.79 Å². The van der Waals surface area contributed by atoms with Gasteiger partial charge >= 0.3 is 0 Å². The Morgan fingerprint density at radius 1 is 1.28 bits per heavy atom. The maximum atomic E-state index is 11.7. The van der Waals surface area contributed by atoms with E-state index in [1.54, 1.807) is 0 Å². The highest BCUT2D eigenvalue weighted by Crippen LogP contribution is 2.22. The summed E-state index contributed by atoms with van der Waals surface area (Å²) in [5, 5.41) is 3.05. The predicted octanol–water partition coefficient (Wildman–Crippen LogP) is 3.69. The van der Waals surface area contributed by atoms with E-state index in [-0.39, 0.29) is 11.9 Å². The summed E-state index contributed by atoms with van der Waals surface area (Å²) in [4.78, 5) is 11.7. The topological polar surface area (TPSA) is 29.1 Å². The second-order valence-electron chi connectivity index (χ2n) is 4.82. The van der Waals surface area contributed by atoms with E-state index in [1.807, 2.05) is 0 Å². The van der Waals surface area contributed by atoms with Crippen LogP contribution in [0.3, 0.4) is 0 Å². The zero-order valence-electron chi connectivity index (χ0n) is 11.4. The van der Waals surface area contributed by atoms with Gasteiger partial charge in [-0.05, 0) is 23.5 Å². The highest BCUT2D eigenvalue weighted by molar-refractivity contribution is 6.18. The number of carbonyl (C=O) groups is 1. The fraction of sp³-hybridized carbons (Fsp3) is 0.533. The van der Waals surface area contributed by atoms with E-state index in [0.29, 0.717) is 18.2 Å². The van der Waals surface area contributed by atoms with E-state index in [1.165, 1.54) is 5.56 Å². The van der Waals surface area contributed by atoms with Crippen LogP contribution >= 0.6 is 11.6 Å². The van der Waals surface area contributed by atoms with Crippen molar-refractivity contribution in [2.75, 3.05) is 5.88 Å². The second kappa shape index (κ2) is 7.42. The summed E-state index contributed by atoms with van der Waals surface area (Å²) in [6.07, 6.45) is 1.41. The first-order valence-electron chi connectivity index (χ1n) is 6.52. The number of rotatable bonds is 6. The van der Waals surface area contributed by atoms with E-state index in [9.17, 15) is 4.79 Å². The van der Waals surface area contributed by atoms with Gasteiger partial charge < -0.3 is 5.32 Å². The molecule has 100 valence electrons. The Kier molecular flexibility index (Phi) is 6.20. The molecule has 1 rings (SSSR count). The van der Waals surface area contributed by atoms with Crippen LogP contribution in [0.2, 0.25) is 0 Å². The first kappa shape index (κ1) is 15.0. The van der Waals surface area contributed by atoms with Crippen LogP contribution in [-0.2, 0) is 11.2 Å². The Balaban J connectivity index is 2.80. The lowest BCUT2D eigenvalue weighted by atomic mass is 9.95. The number of nitrogens with one attached hydrogen (secondary N) is 1. The monoisotopic (exact) mass is 267 g/mol. The standard InChI is InChI=1S/C15H22ClNO/c1-4-12-5-7-13(8-6-12)15(11(2)3)17-14(18)9-10-16/h5-8,11,15H,4,9-10H2,1-3H3,(H,17,18). The normalized spacial score (nSPS) is 12.5. The van der Waals surface area contributed by atoms with Crippen LogP contribution in [0.25, 0.3) is 0 Å². The van der Waals surface area contributed by atoms with Gasteiger partial charge in [-0.15, -0.1) is 11.6 Å². The fourth-order valence-corrected chi connectivity index (χ4v) is 2.10. The molecule has 0 aliphatic heterocycles. The third-order valence-corrected chi connectivity index (χ3v) is 3.24. The van der Waals surface area contributed by atoms with E-state index in [2.05, 4.69) is 50.4 Å². The number of halogens is 1. The molecule has 0 aromatic heterocycles. The van der Waals surface area contributed by atoms with Gasteiger partial charge in [0.25, 0.3) is 0 Å². The lowest BCUT2D eigenvalue weighted by molar-refractivity contribution is -0.121. The first-order valence-corrected chi connectivity index (χ1v) is 7.06. The maximum Gasteiger partial charge on any atom is 0.221 e. The number of carbonyl (C=O) groups excluding carboxylic acids is 1. The van der Waals surface area contributed by atoms with E-state index in [4.69, 9.17) is 11.6 Å². The van der Waals surface area contributed by atoms with Crippen LogP contribution in [0.4, 0.5) is 0 Å². The Hall–Kier alpha value is -1.02. The van der Waals surface area contributed by atoms with Crippen molar-refractivity contribution in [3.05, 3.63) is 35.4 Å². The number of aryl methyl sites for hydroxylation is 1. The van der Waals surface area contributed by atoms with Crippen LogP contribution < -0.4 is 5.32 Å². The molecule has 1 aromatic rings. The van der Waals surface area contributed by atoms with Gasteiger partial charge in [0.1, 0.15) is 0 Å². The van der Waals surface area contributed by atoms with Crippen molar-refractivity contribution in [1.82, 2.24) is 5.32 Å². The summed E-state index contributed by atoms with van der Waals surface area (Å²) in [5.74, 6) is 0.742. The average Bonchev–Trinajstić information content (AvgIpc) is 2.36. The molecule has 3 heteroatoms. The van der Waals surface area contributed by atoms with Gasteiger partial charge in [-0.2, -0.15) is 0 Å². The van der Waals surface area contributed by atoms with Crippen molar-refractivity contribution in [2.45, 2.75) is 39.7 Å². The van der Waals surface area contributed by atoms with Crippen molar-refractivity contribution in [1.29, 1.82) is 0 Å². The molecule has 18 heavy (non-hydrogen) atoms. The SMILES string of the molecule is CCc1ccc(C(NC(=O)CCCl)C(C)C)cc1. The predicted molar refractivity (Wildman–Crippen MR) is 76.9 cm³/mol. The Morgan fingerprint density at radius 2 is 1.89 bits per heavy atom. The van der Waals surface area contributed by atoms with Crippen molar-refractivity contribution >= 4 is 17.5 Å². The zero-order chi connectivity index (χ0) is 13.5. The summed E-state index contributed by atoms with van der Waals surface area (Å²) in [6, 6.07) is 8.51. The zero-order valence-corrected chi connectivity index (χ0v) is 12.1. The van der Waals surface area contributed by atoms with E-state index in [0.717, 1.165) is 12.0 Å². The summed E-state index contributed by atoms with van der Waals surface area (Å²) in [7, 11) is 0. The number of amides is 1. The molecule has 0 radical (unpaired) electrons. The van der Waals surface area contributed by atoms with Gasteiger partial charge in [-0.3, -0.25) is 4.79 Å².